The Morgan fingerprint density at radius 1 is 1.00 bits per heavy atom. The fraction of sp³-hybridized carbons (Fsp3) is 0.441. The molecule has 0 N–H and O–H groups in total. The molecule has 1 amide bonds. The van der Waals surface area contributed by atoms with Gasteiger partial charge < -0.3 is 9.80 Å². The molecule has 5 heteroatoms. The third-order valence-electron chi connectivity index (χ3n) is 8.40. The summed E-state index contributed by atoms with van der Waals surface area (Å²) in [5.41, 5.74) is 10.5. The average Bonchev–Trinajstić information content (AvgIpc) is 2.93. The lowest BCUT2D eigenvalue weighted by atomic mass is 9.88. The molecule has 2 aromatic rings. The molecule has 0 atom stereocenters. The highest BCUT2D eigenvalue weighted by atomic mass is 16.2. The normalized spacial score (nSPS) is 17.0. The Kier molecular flexibility index (Phi) is 8.75. The first-order valence-electron chi connectivity index (χ1n) is 14.2. The number of carbonyl (C=O) groups is 1. The van der Waals surface area contributed by atoms with Crippen molar-refractivity contribution in [3.05, 3.63) is 93.3 Å². The monoisotopic (exact) mass is 522 g/mol. The van der Waals surface area contributed by atoms with E-state index in [0.29, 0.717) is 17.4 Å². The maximum absolute atomic E-state index is 13.7. The van der Waals surface area contributed by atoms with Gasteiger partial charge in [0.1, 0.15) is 0 Å². The Hall–Kier alpha value is -3.65. The number of amides is 1. The summed E-state index contributed by atoms with van der Waals surface area (Å²) in [6, 6.07) is 14.3. The number of hydrogen-bond donors (Lipinski definition) is 0. The first-order valence-corrected chi connectivity index (χ1v) is 14.2. The van der Waals surface area contributed by atoms with E-state index in [9.17, 15) is 4.79 Å². The molecule has 1 fully saturated rings. The van der Waals surface area contributed by atoms with Crippen molar-refractivity contribution in [2.75, 3.05) is 26.2 Å². The lowest BCUT2D eigenvalue weighted by Crippen LogP contribution is -2.38. The van der Waals surface area contributed by atoms with Crippen molar-refractivity contribution in [2.24, 2.45) is 10.9 Å². The quantitative estimate of drug-likeness (QED) is 0.378. The highest BCUT2D eigenvalue weighted by Gasteiger charge is 2.26. The summed E-state index contributed by atoms with van der Waals surface area (Å²) in [5.74, 6) is 0.972. The minimum Gasteiger partial charge on any atom is -0.371 e. The minimum absolute atomic E-state index is 0.107. The van der Waals surface area contributed by atoms with Crippen LogP contribution in [0.2, 0.25) is 0 Å². The Labute approximate surface area is 234 Å². The van der Waals surface area contributed by atoms with Crippen LogP contribution in [0.15, 0.2) is 64.9 Å². The number of rotatable bonds is 6. The van der Waals surface area contributed by atoms with Crippen molar-refractivity contribution in [3.63, 3.8) is 0 Å². The zero-order valence-electron chi connectivity index (χ0n) is 24.5. The highest BCUT2D eigenvalue weighted by molar-refractivity contribution is 6.04. The summed E-state index contributed by atoms with van der Waals surface area (Å²) < 4.78 is 0. The van der Waals surface area contributed by atoms with Gasteiger partial charge in [0.15, 0.2) is 0 Å². The molecule has 2 aliphatic heterocycles. The van der Waals surface area contributed by atoms with Gasteiger partial charge in [0.05, 0.1) is 11.6 Å². The zero-order chi connectivity index (χ0) is 28.3. The van der Waals surface area contributed by atoms with Crippen LogP contribution in [0.3, 0.4) is 0 Å². The second-order valence-electron chi connectivity index (χ2n) is 11.5. The van der Waals surface area contributed by atoms with Gasteiger partial charge in [-0.15, -0.1) is 0 Å². The second-order valence-corrected chi connectivity index (χ2v) is 11.5. The topological polar surface area (TPSA) is 59.7 Å². The molecule has 39 heavy (non-hydrogen) atoms. The summed E-state index contributed by atoms with van der Waals surface area (Å²) >= 11 is 0. The number of likely N-dealkylation sites (tertiary alicyclic amines) is 1. The number of aryl methyl sites for hydroxylation is 2. The van der Waals surface area contributed by atoms with E-state index in [1.165, 1.54) is 16.8 Å². The van der Waals surface area contributed by atoms with E-state index < -0.39 is 0 Å². The third-order valence-corrected chi connectivity index (χ3v) is 8.40. The van der Waals surface area contributed by atoms with Crippen LogP contribution in [0.4, 0.5) is 0 Å². The average molecular weight is 523 g/mol. The van der Waals surface area contributed by atoms with Gasteiger partial charge in [0.2, 0.25) is 0 Å². The lowest BCUT2D eigenvalue weighted by Gasteiger charge is -2.33. The van der Waals surface area contributed by atoms with Gasteiger partial charge in [0, 0.05) is 55.3 Å². The molecule has 1 saturated heterocycles. The summed E-state index contributed by atoms with van der Waals surface area (Å²) in [6.45, 7) is 20.3. The standard InChI is InChI=1S/C34H42N4O/c1-22(2)27(7)38-17-14-33(25(5)21-38)36-26(6)31-19-32(24(4)18-23(31)3)34(39)37-15-12-30(13-16-37)29-10-8-28(20-35)9-11-29/h8-11,18-19,22,30H,7,12-17,21H2,1-6H3/b36-26+. The number of piperidine rings is 1. The first kappa shape index (κ1) is 28.4. The van der Waals surface area contributed by atoms with E-state index in [1.807, 2.05) is 24.0 Å². The summed E-state index contributed by atoms with van der Waals surface area (Å²) in [6.07, 6.45) is 2.77. The van der Waals surface area contributed by atoms with Crippen molar-refractivity contribution >= 4 is 11.6 Å². The second kappa shape index (κ2) is 12.0. The van der Waals surface area contributed by atoms with Crippen molar-refractivity contribution < 1.29 is 4.79 Å². The van der Waals surface area contributed by atoms with Crippen LogP contribution in [0.25, 0.3) is 0 Å². The molecule has 2 aliphatic rings. The van der Waals surface area contributed by atoms with Crippen LogP contribution in [-0.2, 0) is 0 Å². The number of nitrogens with zero attached hydrogens (tertiary/aromatic N) is 4. The molecule has 0 aliphatic carbocycles. The van der Waals surface area contributed by atoms with Crippen LogP contribution in [-0.4, -0.2) is 47.6 Å². The molecule has 0 aromatic heterocycles. The van der Waals surface area contributed by atoms with Crippen LogP contribution in [0, 0.1) is 31.1 Å². The molecule has 2 heterocycles. The largest absolute Gasteiger partial charge is 0.371 e. The van der Waals surface area contributed by atoms with Crippen molar-refractivity contribution in [1.29, 1.82) is 5.26 Å². The minimum atomic E-state index is 0.107. The van der Waals surface area contributed by atoms with Gasteiger partial charge in [-0.3, -0.25) is 9.79 Å². The van der Waals surface area contributed by atoms with E-state index in [-0.39, 0.29) is 5.91 Å². The zero-order valence-corrected chi connectivity index (χ0v) is 24.5. The predicted molar refractivity (Wildman–Crippen MR) is 160 cm³/mol. The Morgan fingerprint density at radius 2 is 1.64 bits per heavy atom. The van der Waals surface area contributed by atoms with E-state index in [1.54, 1.807) is 0 Å². The molecule has 0 radical (unpaired) electrons. The molecular formula is C34H42N4O. The van der Waals surface area contributed by atoms with Crippen molar-refractivity contribution in [2.45, 2.75) is 66.7 Å². The molecule has 204 valence electrons. The van der Waals surface area contributed by atoms with Gasteiger partial charge in [-0.05, 0) is 98.4 Å². The van der Waals surface area contributed by atoms with Crippen LogP contribution in [0.5, 0.6) is 0 Å². The number of allylic oxidation sites excluding steroid dienone is 1. The van der Waals surface area contributed by atoms with E-state index in [0.717, 1.165) is 79.1 Å². The summed E-state index contributed by atoms with van der Waals surface area (Å²) in [7, 11) is 0. The molecule has 0 unspecified atom stereocenters. The smallest absolute Gasteiger partial charge is 0.254 e. The number of nitriles is 1. The Bertz CT molecular complexity index is 1350. The van der Waals surface area contributed by atoms with E-state index in [4.69, 9.17) is 10.3 Å². The van der Waals surface area contributed by atoms with E-state index in [2.05, 4.69) is 76.4 Å². The van der Waals surface area contributed by atoms with Crippen molar-refractivity contribution in [1.82, 2.24) is 9.80 Å². The molecule has 0 spiro atoms. The molecule has 0 saturated carbocycles. The number of aliphatic imine (C=N–C) groups is 1. The molecular weight excluding hydrogens is 480 g/mol. The van der Waals surface area contributed by atoms with E-state index >= 15 is 0 Å². The molecule has 2 aromatic carbocycles. The third kappa shape index (κ3) is 6.33. The summed E-state index contributed by atoms with van der Waals surface area (Å²) in [4.78, 5) is 23.1. The summed E-state index contributed by atoms with van der Waals surface area (Å²) in [5, 5.41) is 9.07. The van der Waals surface area contributed by atoms with Crippen LogP contribution in [0.1, 0.15) is 91.1 Å². The van der Waals surface area contributed by atoms with Crippen LogP contribution >= 0.6 is 0 Å². The Morgan fingerprint density at radius 3 is 2.23 bits per heavy atom. The number of hydrogen-bond acceptors (Lipinski definition) is 4. The molecule has 0 bridgehead atoms. The molecule has 5 nitrogen and oxygen atoms in total. The highest BCUT2D eigenvalue weighted by Crippen LogP contribution is 2.30. The maximum Gasteiger partial charge on any atom is 0.254 e. The van der Waals surface area contributed by atoms with Gasteiger partial charge in [-0.1, -0.05) is 38.6 Å². The van der Waals surface area contributed by atoms with Gasteiger partial charge >= 0.3 is 0 Å². The maximum atomic E-state index is 13.7. The Balaban J connectivity index is 1.49. The fourth-order valence-electron chi connectivity index (χ4n) is 5.82. The fourth-order valence-corrected chi connectivity index (χ4v) is 5.82. The number of benzene rings is 2. The molecule has 4 rings (SSSR count). The van der Waals surface area contributed by atoms with Gasteiger partial charge in [-0.25, -0.2) is 0 Å². The number of carbonyl (C=O) groups excluding carboxylic acids is 1. The SMILES string of the molecule is C=C(C(C)C)N1CCC(/N=C(\C)c2cc(C(=O)N3CCC(c4ccc(C#N)cc4)CC3)c(C)cc2C)=C(C)C1. The predicted octanol–water partition coefficient (Wildman–Crippen LogP) is 7.15. The van der Waals surface area contributed by atoms with Crippen molar-refractivity contribution in [3.8, 4) is 6.07 Å². The van der Waals surface area contributed by atoms with Crippen LogP contribution < -0.4 is 0 Å². The van der Waals surface area contributed by atoms with Gasteiger partial charge in [0.25, 0.3) is 5.91 Å². The van der Waals surface area contributed by atoms with Gasteiger partial charge in [-0.2, -0.15) is 5.26 Å². The lowest BCUT2D eigenvalue weighted by molar-refractivity contribution is 0.0712. The first-order chi connectivity index (χ1) is 18.6.